The number of rotatable bonds is 2. The van der Waals surface area contributed by atoms with E-state index in [2.05, 4.69) is 0 Å². The summed E-state index contributed by atoms with van der Waals surface area (Å²) in [4.78, 5) is 0. The molecule has 0 aliphatic carbocycles. The van der Waals surface area contributed by atoms with Crippen molar-refractivity contribution in [1.82, 2.24) is 0 Å². The fraction of sp³-hybridized carbons (Fsp3) is 0.125. The highest BCUT2D eigenvalue weighted by Gasteiger charge is 2.18. The van der Waals surface area contributed by atoms with Gasteiger partial charge >= 0.3 is 0 Å². The van der Waals surface area contributed by atoms with Crippen LogP contribution in [-0.4, -0.2) is 0 Å². The second-order valence-electron chi connectivity index (χ2n) is 4.81. The first-order chi connectivity index (χ1) is 9.56. The average molecular weight is 290 g/mol. The molecule has 0 amide bonds. The van der Waals surface area contributed by atoms with Crippen LogP contribution in [0.1, 0.15) is 22.9 Å². The van der Waals surface area contributed by atoms with Crippen LogP contribution in [0.15, 0.2) is 46.9 Å². The first kappa shape index (κ1) is 13.2. The average Bonchev–Trinajstić information content (AvgIpc) is 2.83. The van der Waals surface area contributed by atoms with Crippen molar-refractivity contribution in [1.29, 1.82) is 0 Å². The molecule has 0 bridgehead atoms. The number of nitrogens with two attached hydrogens (primary N) is 1. The summed E-state index contributed by atoms with van der Waals surface area (Å²) < 4.78 is 19.7. The molecule has 2 nitrogen and oxygen atoms in total. The van der Waals surface area contributed by atoms with Crippen LogP contribution in [0.25, 0.3) is 11.0 Å². The van der Waals surface area contributed by atoms with E-state index < -0.39 is 6.04 Å². The van der Waals surface area contributed by atoms with Crippen LogP contribution in [0.5, 0.6) is 0 Å². The summed E-state index contributed by atoms with van der Waals surface area (Å²) in [6, 6.07) is 11.6. The molecule has 0 aliphatic heterocycles. The van der Waals surface area contributed by atoms with Crippen molar-refractivity contribution in [3.05, 3.63) is 70.2 Å². The molecule has 0 fully saturated rings. The largest absolute Gasteiger partial charge is 0.457 e. The van der Waals surface area contributed by atoms with E-state index in [1.807, 2.05) is 25.1 Å². The molecule has 102 valence electrons. The minimum atomic E-state index is -0.654. The molecule has 1 unspecified atom stereocenters. The molecular weight excluding hydrogens is 277 g/mol. The lowest BCUT2D eigenvalue weighted by Gasteiger charge is -2.10. The summed E-state index contributed by atoms with van der Waals surface area (Å²) in [5, 5.41) is 1.38. The summed E-state index contributed by atoms with van der Waals surface area (Å²) in [5.41, 5.74) is 7.94. The molecule has 1 atom stereocenters. The highest BCUT2D eigenvalue weighted by Crippen LogP contribution is 2.31. The molecular formula is C16H13ClFNO. The highest BCUT2D eigenvalue weighted by molar-refractivity contribution is 6.34. The number of benzene rings is 2. The first-order valence-corrected chi connectivity index (χ1v) is 6.63. The molecule has 3 aromatic rings. The van der Waals surface area contributed by atoms with Gasteiger partial charge in [-0.05, 0) is 30.7 Å². The topological polar surface area (TPSA) is 39.2 Å². The Balaban J connectivity index is 2.08. The Labute approximate surface area is 121 Å². The zero-order valence-corrected chi connectivity index (χ0v) is 11.6. The van der Waals surface area contributed by atoms with Gasteiger partial charge < -0.3 is 10.2 Å². The molecule has 2 aromatic carbocycles. The Morgan fingerprint density at radius 1 is 1.20 bits per heavy atom. The van der Waals surface area contributed by atoms with Crippen molar-refractivity contribution < 1.29 is 8.81 Å². The van der Waals surface area contributed by atoms with E-state index in [0.29, 0.717) is 21.9 Å². The van der Waals surface area contributed by atoms with Crippen molar-refractivity contribution in [3.8, 4) is 0 Å². The molecule has 4 heteroatoms. The van der Waals surface area contributed by atoms with E-state index >= 15 is 0 Å². The van der Waals surface area contributed by atoms with Crippen LogP contribution in [0.4, 0.5) is 4.39 Å². The number of furan rings is 1. The van der Waals surface area contributed by atoms with Gasteiger partial charge in [-0.15, -0.1) is 0 Å². The van der Waals surface area contributed by atoms with Crippen molar-refractivity contribution in [3.63, 3.8) is 0 Å². The van der Waals surface area contributed by atoms with Gasteiger partial charge in [-0.3, -0.25) is 0 Å². The van der Waals surface area contributed by atoms with Gasteiger partial charge in [-0.25, -0.2) is 4.39 Å². The monoisotopic (exact) mass is 289 g/mol. The van der Waals surface area contributed by atoms with Crippen molar-refractivity contribution in [2.45, 2.75) is 13.0 Å². The first-order valence-electron chi connectivity index (χ1n) is 6.26. The third kappa shape index (κ3) is 2.19. The molecule has 1 aromatic heterocycles. The maximum atomic E-state index is 14.0. The number of fused-ring (bicyclic) bond motifs is 1. The third-order valence-corrected chi connectivity index (χ3v) is 3.61. The molecule has 20 heavy (non-hydrogen) atoms. The number of hydrogen-bond acceptors (Lipinski definition) is 2. The van der Waals surface area contributed by atoms with E-state index in [4.69, 9.17) is 21.8 Å². The number of para-hydroxylation sites is 1. The highest BCUT2D eigenvalue weighted by atomic mass is 35.5. The minimum Gasteiger partial charge on any atom is -0.457 e. The van der Waals surface area contributed by atoms with Crippen molar-refractivity contribution in [2.75, 3.05) is 0 Å². The molecule has 2 N–H and O–H groups in total. The predicted molar refractivity (Wildman–Crippen MR) is 78.4 cm³/mol. The Hall–Kier alpha value is -1.84. The van der Waals surface area contributed by atoms with Crippen LogP contribution >= 0.6 is 11.6 Å². The summed E-state index contributed by atoms with van der Waals surface area (Å²) in [7, 11) is 0. The molecule has 0 radical (unpaired) electrons. The smallest absolute Gasteiger partial charge is 0.152 e. The minimum absolute atomic E-state index is 0.330. The molecule has 1 heterocycles. The van der Waals surface area contributed by atoms with E-state index in [0.717, 1.165) is 10.9 Å². The van der Waals surface area contributed by atoms with Crippen LogP contribution in [-0.2, 0) is 0 Å². The summed E-state index contributed by atoms with van der Waals surface area (Å²) in [6.07, 6.45) is 0. The second kappa shape index (κ2) is 4.93. The molecule has 0 aliphatic rings. The summed E-state index contributed by atoms with van der Waals surface area (Å²) in [5.74, 6) is 0.167. The normalized spacial score (nSPS) is 12.8. The van der Waals surface area contributed by atoms with Crippen LogP contribution in [0, 0.1) is 12.7 Å². The van der Waals surface area contributed by atoms with Crippen LogP contribution in [0.3, 0.4) is 0 Å². The lowest BCUT2D eigenvalue weighted by atomic mass is 10.0. The Kier molecular flexibility index (Phi) is 3.24. The quantitative estimate of drug-likeness (QED) is 0.750. The maximum absolute atomic E-state index is 14.0. The Bertz CT molecular complexity index is 781. The van der Waals surface area contributed by atoms with Gasteiger partial charge in [0.05, 0.1) is 11.1 Å². The van der Waals surface area contributed by atoms with E-state index in [9.17, 15) is 4.39 Å². The third-order valence-electron chi connectivity index (χ3n) is 3.31. The van der Waals surface area contributed by atoms with E-state index in [1.165, 1.54) is 6.07 Å². The zero-order chi connectivity index (χ0) is 14.3. The summed E-state index contributed by atoms with van der Waals surface area (Å²) in [6.45, 7) is 1.83. The van der Waals surface area contributed by atoms with Gasteiger partial charge in [0.2, 0.25) is 0 Å². The second-order valence-corrected chi connectivity index (χ2v) is 5.22. The molecule has 0 saturated carbocycles. The molecule has 0 saturated heterocycles. The SMILES string of the molecule is Cc1ccc(C(N)c2cc3cccc(Cl)c3o2)c(F)c1. The van der Waals surface area contributed by atoms with Gasteiger partial charge in [0.15, 0.2) is 5.58 Å². The van der Waals surface area contributed by atoms with Gasteiger partial charge in [0.25, 0.3) is 0 Å². The number of hydrogen-bond donors (Lipinski definition) is 1. The van der Waals surface area contributed by atoms with E-state index in [-0.39, 0.29) is 5.82 Å². The lowest BCUT2D eigenvalue weighted by molar-refractivity contribution is 0.510. The van der Waals surface area contributed by atoms with Crippen LogP contribution < -0.4 is 5.73 Å². The standard InChI is InChI=1S/C16H13ClFNO/c1-9-5-6-11(13(18)7-9)15(19)14-8-10-3-2-4-12(17)16(10)20-14/h2-8,15H,19H2,1H3. The van der Waals surface area contributed by atoms with Crippen LogP contribution in [0.2, 0.25) is 5.02 Å². The molecule has 3 rings (SSSR count). The van der Waals surface area contributed by atoms with Gasteiger partial charge in [0.1, 0.15) is 11.6 Å². The number of aryl methyl sites for hydroxylation is 1. The Morgan fingerprint density at radius 2 is 2.00 bits per heavy atom. The van der Waals surface area contributed by atoms with Gasteiger partial charge in [-0.1, -0.05) is 35.9 Å². The number of halogens is 2. The van der Waals surface area contributed by atoms with Gasteiger partial charge in [-0.2, -0.15) is 0 Å². The zero-order valence-electron chi connectivity index (χ0n) is 10.9. The lowest BCUT2D eigenvalue weighted by Crippen LogP contribution is -2.12. The van der Waals surface area contributed by atoms with E-state index in [1.54, 1.807) is 18.2 Å². The fourth-order valence-corrected chi connectivity index (χ4v) is 2.46. The van der Waals surface area contributed by atoms with Gasteiger partial charge in [0, 0.05) is 10.9 Å². The maximum Gasteiger partial charge on any atom is 0.152 e. The summed E-state index contributed by atoms with van der Waals surface area (Å²) >= 11 is 6.06. The fourth-order valence-electron chi connectivity index (χ4n) is 2.24. The van der Waals surface area contributed by atoms with Crippen molar-refractivity contribution >= 4 is 22.6 Å². The molecule has 0 spiro atoms. The van der Waals surface area contributed by atoms with Crippen molar-refractivity contribution in [2.24, 2.45) is 5.73 Å². The predicted octanol–water partition coefficient (Wildman–Crippen LogP) is 4.58. The Morgan fingerprint density at radius 3 is 2.70 bits per heavy atom.